The van der Waals surface area contributed by atoms with Gasteiger partial charge in [-0.05, 0) is 59.7 Å². The summed E-state index contributed by atoms with van der Waals surface area (Å²) in [5.74, 6) is 0.215. The number of fused-ring (bicyclic) bond motifs is 1. The lowest BCUT2D eigenvalue weighted by Gasteiger charge is -2.43. The summed E-state index contributed by atoms with van der Waals surface area (Å²) in [5.41, 5.74) is 4.06. The van der Waals surface area contributed by atoms with Gasteiger partial charge in [0.1, 0.15) is 0 Å². The molecular weight excluding hydrogens is 425 g/mol. The molecule has 0 aromatic heterocycles. The normalized spacial score (nSPS) is 19.8. The number of nitrogens with zero attached hydrogens (tertiary/aromatic N) is 1. The Labute approximate surface area is 193 Å². The lowest BCUT2D eigenvalue weighted by atomic mass is 9.76. The largest absolute Gasteiger partial charge is 0.330 e. The van der Waals surface area contributed by atoms with E-state index in [0.717, 1.165) is 43.2 Å². The molecule has 1 heterocycles. The van der Waals surface area contributed by atoms with Gasteiger partial charge in [0.25, 0.3) is 0 Å². The molecule has 0 radical (unpaired) electrons. The Kier molecular flexibility index (Phi) is 5.54. The van der Waals surface area contributed by atoms with E-state index in [1.165, 1.54) is 11.1 Å². The highest BCUT2D eigenvalue weighted by atomic mass is 35.5. The van der Waals surface area contributed by atoms with Crippen LogP contribution in [-0.2, 0) is 16.6 Å². The molecule has 2 aliphatic rings. The SMILES string of the molecule is O=C(N1CCc2ccccc2[C@@H]1c1ccccc1Cl)C1(c2ccc(Cl)cc2)CCCC1. The van der Waals surface area contributed by atoms with Crippen LogP contribution >= 0.6 is 23.2 Å². The molecule has 5 rings (SSSR count). The monoisotopic (exact) mass is 449 g/mol. The fourth-order valence-electron chi connectivity index (χ4n) is 5.47. The molecule has 0 spiro atoms. The number of carbonyl (C=O) groups excluding carboxylic acids is 1. The van der Waals surface area contributed by atoms with Crippen molar-refractivity contribution in [3.63, 3.8) is 0 Å². The van der Waals surface area contributed by atoms with Crippen LogP contribution in [0, 0.1) is 0 Å². The maximum atomic E-state index is 14.4. The lowest BCUT2D eigenvalue weighted by Crippen LogP contribution is -2.49. The molecule has 1 atom stereocenters. The van der Waals surface area contributed by atoms with Gasteiger partial charge < -0.3 is 4.90 Å². The zero-order valence-corrected chi connectivity index (χ0v) is 18.9. The number of rotatable bonds is 3. The Morgan fingerprint density at radius 2 is 1.48 bits per heavy atom. The van der Waals surface area contributed by atoms with Crippen LogP contribution in [-0.4, -0.2) is 17.4 Å². The topological polar surface area (TPSA) is 20.3 Å². The molecule has 31 heavy (non-hydrogen) atoms. The van der Waals surface area contributed by atoms with Gasteiger partial charge in [0, 0.05) is 16.6 Å². The van der Waals surface area contributed by atoms with Crippen LogP contribution in [0.3, 0.4) is 0 Å². The van der Waals surface area contributed by atoms with Crippen LogP contribution < -0.4 is 0 Å². The van der Waals surface area contributed by atoms with E-state index in [-0.39, 0.29) is 11.9 Å². The molecular formula is C27H25Cl2NO. The van der Waals surface area contributed by atoms with Gasteiger partial charge in [0.2, 0.25) is 5.91 Å². The van der Waals surface area contributed by atoms with E-state index < -0.39 is 5.41 Å². The molecule has 0 saturated heterocycles. The highest BCUT2D eigenvalue weighted by molar-refractivity contribution is 6.31. The molecule has 3 aromatic carbocycles. The summed E-state index contributed by atoms with van der Waals surface area (Å²) in [6, 6.07) is 24.1. The molecule has 0 N–H and O–H groups in total. The van der Waals surface area contributed by atoms with Crippen LogP contribution in [0.4, 0.5) is 0 Å². The van der Waals surface area contributed by atoms with E-state index in [1.54, 1.807) is 0 Å². The van der Waals surface area contributed by atoms with Gasteiger partial charge in [0.05, 0.1) is 11.5 Å². The average molecular weight is 450 g/mol. The third-order valence-corrected chi connectivity index (χ3v) is 7.60. The predicted octanol–water partition coefficient (Wildman–Crippen LogP) is 6.98. The first-order chi connectivity index (χ1) is 15.1. The molecule has 0 unspecified atom stereocenters. The Morgan fingerprint density at radius 3 is 2.19 bits per heavy atom. The van der Waals surface area contributed by atoms with Crippen LogP contribution in [0.25, 0.3) is 0 Å². The average Bonchev–Trinajstić information content (AvgIpc) is 3.30. The Bertz CT molecular complexity index is 1100. The minimum atomic E-state index is -0.490. The van der Waals surface area contributed by atoms with Crippen molar-refractivity contribution in [2.75, 3.05) is 6.54 Å². The van der Waals surface area contributed by atoms with E-state index in [0.29, 0.717) is 16.6 Å². The smallest absolute Gasteiger partial charge is 0.234 e. The van der Waals surface area contributed by atoms with E-state index in [1.807, 2.05) is 42.5 Å². The van der Waals surface area contributed by atoms with E-state index in [2.05, 4.69) is 35.2 Å². The van der Waals surface area contributed by atoms with E-state index in [9.17, 15) is 4.79 Å². The molecule has 3 aromatic rings. The first-order valence-electron chi connectivity index (χ1n) is 11.0. The predicted molar refractivity (Wildman–Crippen MR) is 127 cm³/mol. The van der Waals surface area contributed by atoms with Crippen LogP contribution in [0.1, 0.15) is 54.0 Å². The number of hydrogen-bond acceptors (Lipinski definition) is 1. The Hall–Kier alpha value is -2.29. The molecule has 4 heteroatoms. The zero-order chi connectivity index (χ0) is 21.4. The second-order valence-electron chi connectivity index (χ2n) is 8.67. The second kappa shape index (κ2) is 8.33. The van der Waals surface area contributed by atoms with Gasteiger partial charge in [-0.25, -0.2) is 0 Å². The van der Waals surface area contributed by atoms with E-state index in [4.69, 9.17) is 23.2 Å². The highest BCUT2D eigenvalue weighted by Crippen LogP contribution is 2.47. The van der Waals surface area contributed by atoms with Crippen molar-refractivity contribution in [1.82, 2.24) is 4.90 Å². The summed E-state index contributed by atoms with van der Waals surface area (Å²) < 4.78 is 0. The molecule has 0 bridgehead atoms. The maximum Gasteiger partial charge on any atom is 0.234 e. The van der Waals surface area contributed by atoms with Crippen molar-refractivity contribution in [1.29, 1.82) is 0 Å². The summed E-state index contributed by atoms with van der Waals surface area (Å²) in [6.45, 7) is 0.696. The first-order valence-corrected chi connectivity index (χ1v) is 11.8. The summed E-state index contributed by atoms with van der Waals surface area (Å²) in [6.07, 6.45) is 4.74. The zero-order valence-electron chi connectivity index (χ0n) is 17.4. The molecule has 1 saturated carbocycles. The van der Waals surface area contributed by atoms with Crippen molar-refractivity contribution in [2.24, 2.45) is 0 Å². The van der Waals surface area contributed by atoms with Crippen molar-refractivity contribution in [3.8, 4) is 0 Å². The molecule has 158 valence electrons. The highest BCUT2D eigenvalue weighted by Gasteiger charge is 2.47. The van der Waals surface area contributed by atoms with Gasteiger partial charge in [0.15, 0.2) is 0 Å². The molecule has 1 aliphatic carbocycles. The second-order valence-corrected chi connectivity index (χ2v) is 9.51. The molecule has 1 fully saturated rings. The summed E-state index contributed by atoms with van der Waals surface area (Å²) in [7, 11) is 0. The number of benzene rings is 3. The quantitative estimate of drug-likeness (QED) is 0.422. The van der Waals surface area contributed by atoms with E-state index >= 15 is 0 Å². The fourth-order valence-corrected chi connectivity index (χ4v) is 5.83. The Morgan fingerprint density at radius 1 is 0.839 bits per heavy atom. The summed E-state index contributed by atoms with van der Waals surface area (Å²) in [4.78, 5) is 16.4. The minimum absolute atomic E-state index is 0.170. The fraction of sp³-hybridized carbons (Fsp3) is 0.296. The van der Waals surface area contributed by atoms with Gasteiger partial charge in [-0.1, -0.05) is 90.6 Å². The van der Waals surface area contributed by atoms with Crippen molar-refractivity contribution in [3.05, 3.63) is 105 Å². The van der Waals surface area contributed by atoms with Gasteiger partial charge in [-0.3, -0.25) is 4.79 Å². The number of carbonyl (C=O) groups is 1. The van der Waals surface area contributed by atoms with Crippen LogP contribution in [0.5, 0.6) is 0 Å². The van der Waals surface area contributed by atoms with Gasteiger partial charge in [-0.15, -0.1) is 0 Å². The maximum absolute atomic E-state index is 14.4. The third kappa shape index (κ3) is 3.56. The van der Waals surface area contributed by atoms with Crippen LogP contribution in [0.15, 0.2) is 72.8 Å². The summed E-state index contributed by atoms with van der Waals surface area (Å²) >= 11 is 12.8. The van der Waals surface area contributed by atoms with Crippen LogP contribution in [0.2, 0.25) is 10.0 Å². The lowest BCUT2D eigenvalue weighted by molar-refractivity contribution is -0.139. The number of amides is 1. The number of hydrogen-bond donors (Lipinski definition) is 0. The minimum Gasteiger partial charge on any atom is -0.330 e. The van der Waals surface area contributed by atoms with Crippen molar-refractivity contribution >= 4 is 29.1 Å². The first kappa shape index (κ1) is 20.6. The van der Waals surface area contributed by atoms with Crippen molar-refractivity contribution in [2.45, 2.75) is 43.6 Å². The standard InChI is InChI=1S/C27H25Cl2NO/c28-21-13-11-20(12-14-21)27(16-5-6-17-27)26(31)30-18-15-19-7-1-2-8-22(19)25(30)23-9-3-4-10-24(23)29/h1-4,7-14,25H,5-6,15-18H2/t25-/m1/s1. The third-order valence-electron chi connectivity index (χ3n) is 7.01. The molecule has 1 aliphatic heterocycles. The number of halogens is 2. The van der Waals surface area contributed by atoms with Gasteiger partial charge in [-0.2, -0.15) is 0 Å². The van der Waals surface area contributed by atoms with Gasteiger partial charge >= 0.3 is 0 Å². The molecule has 1 amide bonds. The van der Waals surface area contributed by atoms with Crippen molar-refractivity contribution < 1.29 is 4.79 Å². The summed E-state index contributed by atoms with van der Waals surface area (Å²) in [5, 5.41) is 1.40. The Balaban J connectivity index is 1.63. The molecule has 2 nitrogen and oxygen atoms in total.